The molecule has 0 bridgehead atoms. The first-order chi connectivity index (χ1) is 15.8. The molecular formula is C31H31Cl2PZr. The molecule has 0 amide bonds. The smallest absolute Gasteiger partial charge is 1.00 e. The Morgan fingerprint density at radius 1 is 0.829 bits per heavy atom. The minimum Gasteiger partial charge on any atom is -1.00 e. The van der Waals surface area contributed by atoms with E-state index in [1.165, 1.54) is 57.1 Å². The summed E-state index contributed by atoms with van der Waals surface area (Å²) < 4.78 is 0. The average Bonchev–Trinajstić information content (AvgIpc) is 3.45. The Balaban J connectivity index is 0.000000407. The van der Waals surface area contributed by atoms with E-state index in [1.807, 2.05) is 0 Å². The summed E-state index contributed by atoms with van der Waals surface area (Å²) in [6.45, 7) is 4.42. The van der Waals surface area contributed by atoms with Crippen LogP contribution in [-0.2, 0) is 26.2 Å². The third-order valence-corrected chi connectivity index (χ3v) is 8.27. The van der Waals surface area contributed by atoms with Gasteiger partial charge in [0.2, 0.25) is 0 Å². The number of unbranched alkanes of at least 4 members (excludes halogenated alkanes) is 1. The molecule has 0 saturated heterocycles. The van der Waals surface area contributed by atoms with Gasteiger partial charge in [-0.15, -0.1) is 53.7 Å². The zero-order chi connectivity index (χ0) is 22.2. The summed E-state index contributed by atoms with van der Waals surface area (Å²) >= 11 is 0. The van der Waals surface area contributed by atoms with Crippen LogP contribution in [0, 0.1) is 6.08 Å². The molecule has 0 heterocycles. The Hall–Kier alpha value is -1.36. The minimum absolute atomic E-state index is 0. The summed E-state index contributed by atoms with van der Waals surface area (Å²) in [5.41, 5.74) is 2.91. The van der Waals surface area contributed by atoms with Crippen molar-refractivity contribution in [1.82, 2.24) is 0 Å². The van der Waals surface area contributed by atoms with Gasteiger partial charge in [0.1, 0.15) is 0 Å². The van der Waals surface area contributed by atoms with E-state index in [0.29, 0.717) is 0 Å². The molecule has 0 N–H and O–H groups in total. The maximum absolute atomic E-state index is 3.37. The zero-order valence-corrected chi connectivity index (χ0v) is 25.2. The second-order valence-electron chi connectivity index (χ2n) is 8.20. The number of fused-ring (bicyclic) bond motifs is 1. The fourth-order valence-electron chi connectivity index (χ4n) is 4.09. The molecule has 0 saturated carbocycles. The summed E-state index contributed by atoms with van der Waals surface area (Å²) in [6, 6.07) is 35.0. The molecule has 35 heavy (non-hydrogen) atoms. The standard InChI is InChI=1S/C21H16P.C10H15.2ClH.Zr/c1-3-11-19(12-4-1)22(20-13-5-2-6-14-20)21-15-17-9-7-8-10-18(17)16-21;1-3-4-7-10-8-5-6-9(10)2;;;/h1-16H;6H,3-5,7H2,1-2H3;2*1H;/q2*-1;;;+4/p-2. The third kappa shape index (κ3) is 8.62. The number of benzene rings is 3. The van der Waals surface area contributed by atoms with Gasteiger partial charge in [-0.25, -0.2) is 11.1 Å². The van der Waals surface area contributed by atoms with Gasteiger partial charge >= 0.3 is 26.2 Å². The number of hydrogen-bond donors (Lipinski definition) is 0. The predicted octanol–water partition coefficient (Wildman–Crippen LogP) is 1.58. The van der Waals surface area contributed by atoms with Crippen LogP contribution in [0.2, 0.25) is 0 Å². The summed E-state index contributed by atoms with van der Waals surface area (Å²) in [6.07, 6.45) is 10.5. The molecule has 5 rings (SSSR count). The Labute approximate surface area is 244 Å². The largest absolute Gasteiger partial charge is 4.00 e. The Morgan fingerprint density at radius 2 is 1.40 bits per heavy atom. The molecule has 1 aliphatic rings. The van der Waals surface area contributed by atoms with Crippen molar-refractivity contribution in [2.75, 3.05) is 0 Å². The second-order valence-corrected chi connectivity index (χ2v) is 10.4. The molecule has 0 unspecified atom stereocenters. The van der Waals surface area contributed by atoms with Crippen molar-refractivity contribution in [3.8, 4) is 0 Å². The van der Waals surface area contributed by atoms with Gasteiger partial charge in [-0.05, 0) is 18.5 Å². The van der Waals surface area contributed by atoms with E-state index in [-0.39, 0.29) is 51.0 Å². The predicted molar refractivity (Wildman–Crippen MR) is 143 cm³/mol. The van der Waals surface area contributed by atoms with Gasteiger partial charge in [-0.1, -0.05) is 92.9 Å². The van der Waals surface area contributed by atoms with Crippen molar-refractivity contribution in [3.63, 3.8) is 0 Å². The van der Waals surface area contributed by atoms with Gasteiger partial charge in [0.15, 0.2) is 0 Å². The van der Waals surface area contributed by atoms with Gasteiger partial charge in [-0.2, -0.15) is 12.1 Å². The fraction of sp³-hybridized carbons (Fsp3) is 0.194. The quantitative estimate of drug-likeness (QED) is 0.234. The monoisotopic (exact) mass is 594 g/mol. The van der Waals surface area contributed by atoms with E-state index in [1.54, 1.807) is 0 Å². The molecule has 0 radical (unpaired) electrons. The molecule has 0 aliphatic heterocycles. The van der Waals surface area contributed by atoms with E-state index in [2.05, 4.69) is 123 Å². The van der Waals surface area contributed by atoms with E-state index < -0.39 is 7.92 Å². The maximum atomic E-state index is 3.37. The van der Waals surface area contributed by atoms with Crippen LogP contribution in [0.3, 0.4) is 0 Å². The van der Waals surface area contributed by atoms with Crippen LogP contribution in [0.5, 0.6) is 0 Å². The fourth-order valence-corrected chi connectivity index (χ4v) is 6.46. The van der Waals surface area contributed by atoms with Crippen LogP contribution < -0.4 is 40.7 Å². The Kier molecular flexibility index (Phi) is 14.8. The van der Waals surface area contributed by atoms with Gasteiger partial charge in [0.05, 0.1) is 0 Å². The van der Waals surface area contributed by atoms with Crippen molar-refractivity contribution in [1.29, 1.82) is 0 Å². The van der Waals surface area contributed by atoms with Crippen LogP contribution in [0.25, 0.3) is 10.8 Å². The number of rotatable bonds is 6. The molecule has 4 aromatic carbocycles. The molecule has 0 aromatic heterocycles. The molecule has 0 atom stereocenters. The van der Waals surface area contributed by atoms with Crippen LogP contribution in [0.1, 0.15) is 39.5 Å². The van der Waals surface area contributed by atoms with Crippen molar-refractivity contribution in [2.24, 2.45) is 0 Å². The van der Waals surface area contributed by atoms with Crippen LogP contribution >= 0.6 is 7.92 Å². The number of halogens is 2. The van der Waals surface area contributed by atoms with Crippen LogP contribution in [0.4, 0.5) is 0 Å². The Bertz CT molecular complexity index is 1120. The first kappa shape index (κ1) is 31.7. The van der Waals surface area contributed by atoms with E-state index in [0.717, 1.165) is 6.42 Å². The van der Waals surface area contributed by atoms with Gasteiger partial charge in [0, 0.05) is 0 Å². The van der Waals surface area contributed by atoms with E-state index in [9.17, 15) is 0 Å². The minimum atomic E-state index is -0.493. The molecular weight excluding hydrogens is 565 g/mol. The molecule has 0 spiro atoms. The van der Waals surface area contributed by atoms with Gasteiger partial charge < -0.3 is 24.8 Å². The molecule has 0 fully saturated rings. The van der Waals surface area contributed by atoms with Crippen molar-refractivity contribution >= 4 is 34.6 Å². The van der Waals surface area contributed by atoms with Crippen LogP contribution in [-0.4, -0.2) is 0 Å². The molecule has 178 valence electrons. The SMILES string of the molecule is CCCCC1=[C-]CC=C1C.[Cl-].[Cl-].[Zr+4].c1ccc(P(c2ccccc2)c2cc3ccccc3[cH-]2)cc1. The molecule has 0 nitrogen and oxygen atoms in total. The third-order valence-electron chi connectivity index (χ3n) is 5.87. The summed E-state index contributed by atoms with van der Waals surface area (Å²) in [7, 11) is -0.493. The summed E-state index contributed by atoms with van der Waals surface area (Å²) in [4.78, 5) is 0. The zero-order valence-electron chi connectivity index (χ0n) is 20.3. The van der Waals surface area contributed by atoms with Crippen molar-refractivity contribution in [3.05, 3.63) is 120 Å². The number of allylic oxidation sites excluding steroid dienone is 4. The summed E-state index contributed by atoms with van der Waals surface area (Å²) in [5.74, 6) is 0. The van der Waals surface area contributed by atoms with Gasteiger partial charge in [-0.3, -0.25) is 6.08 Å². The summed E-state index contributed by atoms with van der Waals surface area (Å²) in [5, 5.41) is 6.89. The topological polar surface area (TPSA) is 0 Å². The number of hydrogen-bond acceptors (Lipinski definition) is 0. The maximum Gasteiger partial charge on any atom is 4.00 e. The normalized spacial score (nSPS) is 11.9. The average molecular weight is 597 g/mol. The van der Waals surface area contributed by atoms with Crippen molar-refractivity contribution < 1.29 is 51.0 Å². The molecule has 4 heteroatoms. The van der Waals surface area contributed by atoms with Crippen molar-refractivity contribution in [2.45, 2.75) is 39.5 Å². The Morgan fingerprint density at radius 3 is 1.91 bits per heavy atom. The first-order valence-electron chi connectivity index (χ1n) is 11.6. The van der Waals surface area contributed by atoms with Crippen LogP contribution in [0.15, 0.2) is 114 Å². The second kappa shape index (κ2) is 16.4. The first-order valence-corrected chi connectivity index (χ1v) is 12.9. The van der Waals surface area contributed by atoms with E-state index in [4.69, 9.17) is 0 Å². The van der Waals surface area contributed by atoms with E-state index >= 15 is 0 Å². The molecule has 1 aliphatic carbocycles. The molecule has 4 aromatic rings. The van der Waals surface area contributed by atoms with Gasteiger partial charge in [0.25, 0.3) is 0 Å².